The molecule has 2 aromatic carbocycles. The minimum absolute atomic E-state index is 0.0114. The number of amidine groups is 1. The van der Waals surface area contributed by atoms with E-state index >= 15 is 0 Å². The Kier molecular flexibility index (Phi) is 6.76. The lowest BCUT2D eigenvalue weighted by Crippen LogP contribution is -2.32. The Balaban J connectivity index is 2.15. The van der Waals surface area contributed by atoms with E-state index in [0.717, 1.165) is 11.3 Å². The molecule has 0 spiro atoms. The van der Waals surface area contributed by atoms with Gasteiger partial charge in [-0.1, -0.05) is 24.3 Å². The number of rotatable bonds is 8. The zero-order chi connectivity index (χ0) is 19.8. The summed E-state index contributed by atoms with van der Waals surface area (Å²) in [6, 6.07) is 14.7. The number of anilines is 1. The Hall–Kier alpha value is -3.55. The molecule has 2 rings (SSSR count). The van der Waals surface area contributed by atoms with Gasteiger partial charge in [0.2, 0.25) is 0 Å². The van der Waals surface area contributed by atoms with Crippen LogP contribution in [-0.4, -0.2) is 38.0 Å². The minimum atomic E-state index is -0.341. The highest BCUT2D eigenvalue weighted by atomic mass is 16.5. The van der Waals surface area contributed by atoms with Gasteiger partial charge >= 0.3 is 5.97 Å². The molecule has 0 heterocycles. The number of nitrogens with one attached hydrogen (secondary N) is 1. The highest BCUT2D eigenvalue weighted by Gasteiger charge is 2.13. The standard InChI is InChI=1S/C19H24N6O2/c1-27-17(26)12-25(16-4-2-3-14(11-16)18(20)21)10-9-13-5-7-15(8-6-13)24-19(22)23/h2-8,11H,9-10,12H2,1H3,(H3,20,21)(H4,22,23,24). The summed E-state index contributed by atoms with van der Waals surface area (Å²) in [7, 11) is 1.36. The number of hydrogen-bond acceptors (Lipinski definition) is 5. The second-order valence-corrected chi connectivity index (χ2v) is 5.91. The number of benzene rings is 2. The third-order valence-electron chi connectivity index (χ3n) is 3.93. The Bertz CT molecular complexity index is 828. The molecule has 2 aromatic rings. The number of guanidine groups is 1. The van der Waals surface area contributed by atoms with Gasteiger partial charge in [0.05, 0.1) is 12.8 Å². The van der Waals surface area contributed by atoms with Gasteiger partial charge in [-0.25, -0.2) is 4.99 Å². The van der Waals surface area contributed by atoms with Gasteiger partial charge in [0.1, 0.15) is 12.4 Å². The van der Waals surface area contributed by atoms with Crippen LogP contribution in [0.25, 0.3) is 0 Å². The van der Waals surface area contributed by atoms with Crippen LogP contribution >= 0.6 is 0 Å². The summed E-state index contributed by atoms with van der Waals surface area (Å²) in [6.45, 7) is 0.683. The molecule has 0 fully saturated rings. The monoisotopic (exact) mass is 368 g/mol. The first kappa shape index (κ1) is 19.8. The molecule has 0 atom stereocenters. The Labute approximate surface area is 158 Å². The molecule has 0 bridgehead atoms. The van der Waals surface area contributed by atoms with Crippen molar-refractivity contribution in [2.24, 2.45) is 22.2 Å². The first-order valence-corrected chi connectivity index (χ1v) is 8.34. The van der Waals surface area contributed by atoms with Crippen molar-refractivity contribution in [3.05, 3.63) is 59.7 Å². The molecule has 0 amide bonds. The molecule has 8 nitrogen and oxygen atoms in total. The summed E-state index contributed by atoms with van der Waals surface area (Å²) in [5, 5.41) is 7.59. The predicted molar refractivity (Wildman–Crippen MR) is 107 cm³/mol. The number of aliphatic imine (C=N–C) groups is 1. The lowest BCUT2D eigenvalue weighted by Gasteiger charge is -2.24. The lowest BCUT2D eigenvalue weighted by atomic mass is 10.1. The Morgan fingerprint density at radius 1 is 1.15 bits per heavy atom. The van der Waals surface area contributed by atoms with Crippen LogP contribution < -0.4 is 22.1 Å². The number of nitrogen functional groups attached to an aromatic ring is 1. The van der Waals surface area contributed by atoms with E-state index in [1.807, 2.05) is 35.2 Å². The van der Waals surface area contributed by atoms with Gasteiger partial charge in [-0.15, -0.1) is 0 Å². The lowest BCUT2D eigenvalue weighted by molar-refractivity contribution is -0.138. The van der Waals surface area contributed by atoms with Gasteiger partial charge in [0.25, 0.3) is 0 Å². The first-order chi connectivity index (χ1) is 12.9. The fourth-order valence-corrected chi connectivity index (χ4v) is 2.54. The molecule has 27 heavy (non-hydrogen) atoms. The average molecular weight is 368 g/mol. The summed E-state index contributed by atoms with van der Waals surface area (Å²) in [4.78, 5) is 17.7. The number of methoxy groups -OCH3 is 1. The van der Waals surface area contributed by atoms with E-state index in [1.165, 1.54) is 7.11 Å². The van der Waals surface area contributed by atoms with Crippen molar-refractivity contribution in [2.75, 3.05) is 25.1 Å². The third kappa shape index (κ3) is 6.03. The maximum absolute atomic E-state index is 11.8. The molecule has 0 aromatic heterocycles. The van der Waals surface area contributed by atoms with E-state index in [-0.39, 0.29) is 24.3 Å². The van der Waals surface area contributed by atoms with Crippen LogP contribution in [0.3, 0.4) is 0 Å². The van der Waals surface area contributed by atoms with Crippen LogP contribution in [-0.2, 0) is 16.0 Å². The van der Waals surface area contributed by atoms with Crippen molar-refractivity contribution in [3.63, 3.8) is 0 Å². The van der Waals surface area contributed by atoms with Crippen molar-refractivity contribution in [1.29, 1.82) is 5.41 Å². The highest BCUT2D eigenvalue weighted by Crippen LogP contribution is 2.18. The quantitative estimate of drug-likeness (QED) is 0.312. The number of nitrogens with two attached hydrogens (primary N) is 3. The number of esters is 1. The molecule has 0 aliphatic heterocycles. The van der Waals surface area contributed by atoms with Crippen molar-refractivity contribution < 1.29 is 9.53 Å². The fourth-order valence-electron chi connectivity index (χ4n) is 2.54. The van der Waals surface area contributed by atoms with Crippen LogP contribution in [0.1, 0.15) is 11.1 Å². The molecule has 7 N–H and O–H groups in total. The molecule has 142 valence electrons. The number of hydrogen-bond donors (Lipinski definition) is 4. The minimum Gasteiger partial charge on any atom is -0.468 e. The van der Waals surface area contributed by atoms with Crippen LogP contribution in [0.2, 0.25) is 0 Å². The molecular weight excluding hydrogens is 344 g/mol. The van der Waals surface area contributed by atoms with Crippen molar-refractivity contribution in [1.82, 2.24) is 0 Å². The summed E-state index contributed by atoms with van der Waals surface area (Å²) < 4.78 is 4.80. The molecule has 0 saturated heterocycles. The van der Waals surface area contributed by atoms with Crippen molar-refractivity contribution in [2.45, 2.75) is 6.42 Å². The van der Waals surface area contributed by atoms with Gasteiger partial charge in [-0.05, 0) is 36.2 Å². The summed E-state index contributed by atoms with van der Waals surface area (Å²) in [5.74, 6) is -0.353. The molecule has 0 aliphatic carbocycles. The maximum Gasteiger partial charge on any atom is 0.325 e. The zero-order valence-electron chi connectivity index (χ0n) is 15.2. The van der Waals surface area contributed by atoms with Crippen LogP contribution in [0.5, 0.6) is 0 Å². The van der Waals surface area contributed by atoms with Gasteiger partial charge in [-0.3, -0.25) is 10.2 Å². The second kappa shape index (κ2) is 9.23. The maximum atomic E-state index is 11.8. The van der Waals surface area contributed by atoms with Crippen LogP contribution in [0, 0.1) is 5.41 Å². The smallest absolute Gasteiger partial charge is 0.325 e. The normalized spacial score (nSPS) is 10.1. The molecule has 0 saturated carbocycles. The number of ether oxygens (including phenoxy) is 1. The average Bonchev–Trinajstić information content (AvgIpc) is 2.65. The van der Waals surface area contributed by atoms with E-state index < -0.39 is 0 Å². The SMILES string of the molecule is COC(=O)CN(CCc1ccc(N=C(N)N)cc1)c1cccc(C(=N)N)c1. The molecule has 0 aliphatic rings. The van der Waals surface area contributed by atoms with E-state index in [2.05, 4.69) is 4.99 Å². The van der Waals surface area contributed by atoms with E-state index in [1.54, 1.807) is 18.2 Å². The van der Waals surface area contributed by atoms with Crippen LogP contribution in [0.15, 0.2) is 53.5 Å². The summed E-state index contributed by atoms with van der Waals surface area (Å²) in [5.41, 5.74) is 19.5. The van der Waals surface area contributed by atoms with Gasteiger partial charge in [0, 0.05) is 17.8 Å². The van der Waals surface area contributed by atoms with Gasteiger partial charge < -0.3 is 26.8 Å². The van der Waals surface area contributed by atoms with Crippen molar-refractivity contribution in [3.8, 4) is 0 Å². The fraction of sp³-hybridized carbons (Fsp3) is 0.211. The highest BCUT2D eigenvalue weighted by molar-refractivity contribution is 5.96. The van der Waals surface area contributed by atoms with E-state index in [0.29, 0.717) is 24.2 Å². The van der Waals surface area contributed by atoms with Crippen LogP contribution in [0.4, 0.5) is 11.4 Å². The first-order valence-electron chi connectivity index (χ1n) is 8.34. The Morgan fingerprint density at radius 2 is 1.85 bits per heavy atom. The number of carbonyl (C=O) groups excluding carboxylic acids is 1. The van der Waals surface area contributed by atoms with Gasteiger partial charge in [-0.2, -0.15) is 0 Å². The molecule has 8 heteroatoms. The third-order valence-corrected chi connectivity index (χ3v) is 3.93. The molecule has 0 radical (unpaired) electrons. The summed E-state index contributed by atoms with van der Waals surface area (Å²) >= 11 is 0. The second-order valence-electron chi connectivity index (χ2n) is 5.91. The predicted octanol–water partition coefficient (Wildman–Crippen LogP) is 1.10. The number of carbonyl (C=O) groups is 1. The van der Waals surface area contributed by atoms with Crippen molar-refractivity contribution >= 4 is 29.1 Å². The van der Waals surface area contributed by atoms with E-state index in [4.69, 9.17) is 27.3 Å². The van der Waals surface area contributed by atoms with E-state index in [9.17, 15) is 4.79 Å². The van der Waals surface area contributed by atoms with Gasteiger partial charge in [0.15, 0.2) is 5.96 Å². The zero-order valence-corrected chi connectivity index (χ0v) is 15.2. The Morgan fingerprint density at radius 3 is 2.44 bits per heavy atom. The number of nitrogens with zero attached hydrogens (tertiary/aromatic N) is 2. The largest absolute Gasteiger partial charge is 0.468 e. The summed E-state index contributed by atoms with van der Waals surface area (Å²) in [6.07, 6.45) is 0.698. The molecule has 0 unspecified atom stereocenters. The topological polar surface area (TPSA) is 144 Å². The molecular formula is C19H24N6O2.